The molecule has 1 aromatic carbocycles. The van der Waals surface area contributed by atoms with E-state index < -0.39 is 15.1 Å². The van der Waals surface area contributed by atoms with Gasteiger partial charge < -0.3 is 4.98 Å². The molecule has 0 saturated heterocycles. The number of nitrogens with zero attached hydrogens (tertiary/aromatic N) is 2. The molecule has 2 aromatic heterocycles. The van der Waals surface area contributed by atoms with Crippen LogP contribution >= 0.6 is 0 Å². The van der Waals surface area contributed by atoms with Crippen LogP contribution in [-0.4, -0.2) is 28.6 Å². The van der Waals surface area contributed by atoms with Gasteiger partial charge in [-0.05, 0) is 38.5 Å². The van der Waals surface area contributed by atoms with E-state index in [1.165, 1.54) is 0 Å². The molecule has 0 saturated carbocycles. The van der Waals surface area contributed by atoms with Gasteiger partial charge in [0.25, 0.3) is 0 Å². The van der Waals surface area contributed by atoms with Gasteiger partial charge >= 0.3 is 0 Å². The summed E-state index contributed by atoms with van der Waals surface area (Å²) in [7, 11) is -3.25. The number of aromatic nitrogens is 3. The van der Waals surface area contributed by atoms with Crippen LogP contribution in [0.5, 0.6) is 0 Å². The molecule has 3 aromatic rings. The number of sulfone groups is 1. The highest BCUT2D eigenvalue weighted by atomic mass is 32.2. The minimum Gasteiger partial charge on any atom is -0.345 e. The van der Waals surface area contributed by atoms with Gasteiger partial charge in [0.1, 0.15) is 5.52 Å². The van der Waals surface area contributed by atoms with Crippen molar-refractivity contribution < 1.29 is 8.42 Å². The maximum absolute atomic E-state index is 12.1. The number of rotatable bonds is 3. The fourth-order valence-electron chi connectivity index (χ4n) is 2.24. The number of aromatic amines is 1. The van der Waals surface area contributed by atoms with E-state index in [-0.39, 0.29) is 0 Å². The van der Waals surface area contributed by atoms with Gasteiger partial charge in [-0.2, -0.15) is 0 Å². The molecule has 3 rings (SSSR count). The maximum atomic E-state index is 12.1. The van der Waals surface area contributed by atoms with Crippen molar-refractivity contribution in [3.8, 4) is 11.3 Å². The number of hydrogen-bond acceptors (Lipinski definition) is 4. The predicted molar refractivity (Wildman–Crippen MR) is 86.4 cm³/mol. The molecule has 0 radical (unpaired) electrons. The van der Waals surface area contributed by atoms with E-state index >= 15 is 0 Å². The highest BCUT2D eigenvalue weighted by molar-refractivity contribution is 7.92. The van der Waals surface area contributed by atoms with Crippen LogP contribution in [0.3, 0.4) is 0 Å². The molecular weight excluding hydrogens is 298 g/mol. The zero-order valence-corrected chi connectivity index (χ0v) is 13.5. The van der Waals surface area contributed by atoms with E-state index in [1.807, 2.05) is 13.1 Å². The van der Waals surface area contributed by atoms with Gasteiger partial charge in [0.05, 0.1) is 22.0 Å². The van der Waals surface area contributed by atoms with Crippen molar-refractivity contribution in [2.24, 2.45) is 0 Å². The van der Waals surface area contributed by atoms with E-state index in [2.05, 4.69) is 15.0 Å². The van der Waals surface area contributed by atoms with Crippen LogP contribution in [0.4, 0.5) is 0 Å². The Hall–Kier alpha value is -2.21. The van der Waals surface area contributed by atoms with Crippen molar-refractivity contribution >= 4 is 21.0 Å². The lowest BCUT2D eigenvalue weighted by Gasteiger charge is -2.08. The Kier molecular flexibility index (Phi) is 3.48. The average molecular weight is 315 g/mol. The van der Waals surface area contributed by atoms with Crippen LogP contribution in [0.25, 0.3) is 22.4 Å². The first-order valence-electron chi connectivity index (χ1n) is 7.04. The third kappa shape index (κ3) is 2.39. The third-order valence-corrected chi connectivity index (χ3v) is 5.84. The van der Waals surface area contributed by atoms with Gasteiger partial charge in [0.15, 0.2) is 15.5 Å². The normalized spacial score (nSPS) is 12.2. The van der Waals surface area contributed by atoms with Gasteiger partial charge in [-0.3, -0.25) is 0 Å². The minimum absolute atomic E-state index is 0.332. The first-order chi connectivity index (χ1) is 10.4. The zero-order valence-electron chi connectivity index (χ0n) is 12.7. The van der Waals surface area contributed by atoms with E-state index in [4.69, 9.17) is 0 Å². The summed E-state index contributed by atoms with van der Waals surface area (Å²) < 4.78 is 24.3. The summed E-state index contributed by atoms with van der Waals surface area (Å²) in [6.45, 7) is 5.32. The lowest BCUT2D eigenvalue weighted by molar-refractivity contribution is 0.587. The quantitative estimate of drug-likeness (QED) is 0.805. The second-order valence-electron chi connectivity index (χ2n) is 5.54. The largest absolute Gasteiger partial charge is 0.345 e. The molecule has 0 atom stereocenters. The van der Waals surface area contributed by atoms with E-state index in [1.54, 1.807) is 44.3 Å². The fraction of sp³-hybridized carbons (Fsp3) is 0.250. The van der Waals surface area contributed by atoms with Gasteiger partial charge in [-0.15, -0.1) is 0 Å². The Labute approximate surface area is 129 Å². The van der Waals surface area contributed by atoms with Gasteiger partial charge in [0.2, 0.25) is 0 Å². The van der Waals surface area contributed by atoms with Crippen LogP contribution in [0.1, 0.15) is 19.4 Å². The predicted octanol–water partition coefficient (Wildman–Crippen LogP) is 3.12. The van der Waals surface area contributed by atoms with E-state index in [9.17, 15) is 8.42 Å². The Bertz CT molecular complexity index is 926. The molecule has 0 fully saturated rings. The first kappa shape index (κ1) is 14.7. The summed E-state index contributed by atoms with van der Waals surface area (Å²) >= 11 is 0. The van der Waals surface area contributed by atoms with E-state index in [0.717, 1.165) is 28.0 Å². The number of aryl methyl sites for hydroxylation is 1. The lowest BCUT2D eigenvalue weighted by atomic mass is 10.1. The van der Waals surface area contributed by atoms with Crippen LogP contribution in [0, 0.1) is 6.92 Å². The summed E-state index contributed by atoms with van der Waals surface area (Å²) in [5.41, 5.74) is 4.18. The maximum Gasteiger partial charge on any atom is 0.180 e. The Morgan fingerprint density at radius 2 is 1.82 bits per heavy atom. The zero-order chi connectivity index (χ0) is 15.9. The summed E-state index contributed by atoms with van der Waals surface area (Å²) in [6.07, 6.45) is 3.55. The van der Waals surface area contributed by atoms with Crippen molar-refractivity contribution in [1.82, 2.24) is 15.0 Å². The molecule has 0 spiro atoms. The Balaban J connectivity index is 2.03. The lowest BCUT2D eigenvalue weighted by Crippen LogP contribution is -2.13. The second kappa shape index (κ2) is 5.21. The summed E-state index contributed by atoms with van der Waals surface area (Å²) in [4.78, 5) is 12.3. The van der Waals surface area contributed by atoms with Crippen molar-refractivity contribution in [2.45, 2.75) is 30.9 Å². The van der Waals surface area contributed by atoms with E-state index in [0.29, 0.717) is 4.90 Å². The van der Waals surface area contributed by atoms with Crippen molar-refractivity contribution in [2.75, 3.05) is 0 Å². The summed E-state index contributed by atoms with van der Waals surface area (Å²) in [6, 6.07) is 6.79. The first-order valence-corrected chi connectivity index (χ1v) is 8.59. The molecule has 0 aliphatic rings. The number of nitrogens with one attached hydrogen (secondary N) is 1. The third-order valence-electron chi connectivity index (χ3n) is 3.67. The molecule has 22 heavy (non-hydrogen) atoms. The van der Waals surface area contributed by atoms with Crippen LogP contribution in [0.15, 0.2) is 41.6 Å². The molecule has 0 aliphatic carbocycles. The highest BCUT2D eigenvalue weighted by Crippen LogP contribution is 2.23. The standard InChI is InChI=1S/C16H17N3O2S/c1-10(2)22(20,21)13-6-4-12(5-7-13)14-9-18-16-15(19-14)11(3)8-17-16/h4-10H,1-3H3,(H,17,18). The van der Waals surface area contributed by atoms with Crippen LogP contribution in [0.2, 0.25) is 0 Å². The Morgan fingerprint density at radius 1 is 1.14 bits per heavy atom. The number of hydrogen-bond donors (Lipinski definition) is 1. The molecule has 1 N–H and O–H groups in total. The van der Waals surface area contributed by atoms with Gasteiger partial charge in [-0.25, -0.2) is 18.4 Å². The molecule has 0 aliphatic heterocycles. The average Bonchev–Trinajstić information content (AvgIpc) is 2.88. The number of benzene rings is 1. The van der Waals surface area contributed by atoms with Gasteiger partial charge in [-0.1, -0.05) is 12.1 Å². The molecule has 114 valence electrons. The number of H-pyrrole nitrogens is 1. The molecule has 0 unspecified atom stereocenters. The van der Waals surface area contributed by atoms with Crippen LogP contribution in [-0.2, 0) is 9.84 Å². The minimum atomic E-state index is -3.25. The monoisotopic (exact) mass is 315 g/mol. The molecule has 0 bridgehead atoms. The molecule has 6 heteroatoms. The summed E-state index contributed by atoms with van der Waals surface area (Å²) in [5, 5.41) is -0.433. The SMILES string of the molecule is Cc1c[nH]c2ncc(-c3ccc(S(=O)(=O)C(C)C)cc3)nc12. The van der Waals surface area contributed by atoms with Gasteiger partial charge in [0, 0.05) is 11.8 Å². The fourth-order valence-corrected chi connectivity index (χ4v) is 3.30. The van der Waals surface area contributed by atoms with Crippen LogP contribution < -0.4 is 0 Å². The highest BCUT2D eigenvalue weighted by Gasteiger charge is 2.19. The van der Waals surface area contributed by atoms with Crippen molar-refractivity contribution in [3.63, 3.8) is 0 Å². The topological polar surface area (TPSA) is 75.7 Å². The smallest absolute Gasteiger partial charge is 0.180 e. The van der Waals surface area contributed by atoms with Crippen molar-refractivity contribution in [3.05, 3.63) is 42.2 Å². The molecule has 0 amide bonds. The second-order valence-corrected chi connectivity index (χ2v) is 8.05. The molecule has 2 heterocycles. The van der Waals surface area contributed by atoms with Crippen molar-refractivity contribution in [1.29, 1.82) is 0 Å². The molecule has 5 nitrogen and oxygen atoms in total. The Morgan fingerprint density at radius 3 is 2.45 bits per heavy atom. The molecular formula is C16H17N3O2S. The summed E-state index contributed by atoms with van der Waals surface area (Å²) in [5.74, 6) is 0. The number of fused-ring (bicyclic) bond motifs is 1.